The fraction of sp³-hybridized carbons (Fsp3) is 1.00. The predicted octanol–water partition coefficient (Wildman–Crippen LogP) is 4.59. The summed E-state index contributed by atoms with van der Waals surface area (Å²) < 4.78 is 0. The van der Waals surface area contributed by atoms with Crippen LogP contribution >= 0.6 is 101 Å². The number of hydrogen-bond donors (Lipinski definition) is 8. The van der Waals surface area contributed by atoms with Crippen LogP contribution in [0.3, 0.4) is 0 Å². The van der Waals surface area contributed by atoms with Crippen LogP contribution in [-0.4, -0.2) is 43.0 Å². The van der Waals surface area contributed by atoms with Crippen LogP contribution in [0, 0.1) is 0 Å². The molecule has 0 heterocycles. The Morgan fingerprint density at radius 3 is 0.762 bits per heavy atom. The topological polar surface area (TPSA) is 0 Å². The molecule has 0 saturated heterocycles. The quantitative estimate of drug-likeness (QED) is 0.200. The van der Waals surface area contributed by atoms with E-state index in [2.05, 4.69) is 101 Å². The van der Waals surface area contributed by atoms with Crippen molar-refractivity contribution in [1.29, 1.82) is 0 Å². The zero-order valence-corrected chi connectivity index (χ0v) is 19.1. The third-order valence-electron chi connectivity index (χ3n) is 3.14. The molecule has 21 heavy (non-hydrogen) atoms. The van der Waals surface area contributed by atoms with Crippen LogP contribution in [0.4, 0.5) is 0 Å². The van der Waals surface area contributed by atoms with E-state index in [-0.39, 0.29) is 0 Å². The van der Waals surface area contributed by atoms with Gasteiger partial charge >= 0.3 is 0 Å². The van der Waals surface area contributed by atoms with Gasteiger partial charge in [0.05, 0.1) is 0 Å². The van der Waals surface area contributed by atoms with E-state index >= 15 is 0 Å². The second kappa shape index (κ2) is 14.0. The van der Waals surface area contributed by atoms with Crippen molar-refractivity contribution in [3.63, 3.8) is 0 Å². The third-order valence-corrected chi connectivity index (χ3v) is 7.07. The van der Waals surface area contributed by atoms with Gasteiger partial charge in [0, 0.05) is 43.0 Å². The Bertz CT molecular complexity index is 228. The molecule has 6 atom stereocenters. The van der Waals surface area contributed by atoms with Gasteiger partial charge in [0.25, 0.3) is 0 Å². The fourth-order valence-electron chi connectivity index (χ4n) is 2.10. The van der Waals surface area contributed by atoms with Gasteiger partial charge in [-0.25, -0.2) is 0 Å². The van der Waals surface area contributed by atoms with Crippen LogP contribution < -0.4 is 0 Å². The molecule has 0 nitrogen and oxygen atoms in total. The van der Waals surface area contributed by atoms with Gasteiger partial charge in [0.2, 0.25) is 0 Å². The lowest BCUT2D eigenvalue weighted by Gasteiger charge is -2.23. The molecule has 0 aromatic heterocycles. The van der Waals surface area contributed by atoms with Gasteiger partial charge in [-0.3, -0.25) is 0 Å². The van der Waals surface area contributed by atoms with Crippen LogP contribution in [0.25, 0.3) is 0 Å². The maximum Gasteiger partial charge on any atom is 0.0115 e. The monoisotopic (exact) mass is 440 g/mol. The average Bonchev–Trinajstić information content (AvgIpc) is 2.37. The van der Waals surface area contributed by atoms with Crippen LogP contribution in [-0.2, 0) is 0 Å². The van der Waals surface area contributed by atoms with E-state index < -0.39 is 0 Å². The summed E-state index contributed by atoms with van der Waals surface area (Å²) in [5, 5.41) is 1.87. The van der Waals surface area contributed by atoms with Crippen molar-refractivity contribution in [2.45, 2.75) is 63.6 Å². The minimum atomic E-state index is 0.304. The van der Waals surface area contributed by atoms with E-state index in [4.69, 9.17) is 0 Å². The van der Waals surface area contributed by atoms with Gasteiger partial charge in [-0.1, -0.05) is 0 Å². The lowest BCUT2D eigenvalue weighted by Crippen LogP contribution is -2.20. The zero-order valence-electron chi connectivity index (χ0n) is 12.0. The zero-order chi connectivity index (χ0) is 16.4. The molecule has 128 valence electrons. The smallest absolute Gasteiger partial charge is 0.0115 e. The van der Waals surface area contributed by atoms with Crippen molar-refractivity contribution < 1.29 is 0 Å². The first kappa shape index (κ1) is 23.8. The second-order valence-corrected chi connectivity index (χ2v) is 10.6. The van der Waals surface area contributed by atoms with Crippen molar-refractivity contribution in [1.82, 2.24) is 0 Å². The van der Waals surface area contributed by atoms with Crippen LogP contribution in [0.1, 0.15) is 32.1 Å². The first-order valence-electron chi connectivity index (χ1n) is 7.08. The number of thiol groups is 8. The molecule has 0 amide bonds. The van der Waals surface area contributed by atoms with Gasteiger partial charge < -0.3 is 0 Å². The Morgan fingerprint density at radius 1 is 0.381 bits per heavy atom. The minimum absolute atomic E-state index is 0.304. The first-order chi connectivity index (χ1) is 9.78. The lowest BCUT2D eigenvalue weighted by molar-refractivity contribution is 0.598. The van der Waals surface area contributed by atoms with Crippen molar-refractivity contribution in [2.75, 3.05) is 11.5 Å². The Kier molecular flexibility index (Phi) is 15.9. The molecule has 0 rings (SSSR count). The number of hydrogen-bond acceptors (Lipinski definition) is 8. The second-order valence-electron chi connectivity index (χ2n) is 5.47. The van der Waals surface area contributed by atoms with Gasteiger partial charge in [-0.2, -0.15) is 101 Å². The highest BCUT2D eigenvalue weighted by atomic mass is 32.1. The summed E-state index contributed by atoms with van der Waals surface area (Å²) in [7, 11) is 0. The summed E-state index contributed by atoms with van der Waals surface area (Å²) in [6, 6.07) is 0. The molecule has 0 aliphatic heterocycles. The predicted molar refractivity (Wildman–Crippen MR) is 127 cm³/mol. The van der Waals surface area contributed by atoms with Gasteiger partial charge in [0.15, 0.2) is 0 Å². The summed E-state index contributed by atoms with van der Waals surface area (Å²) in [5.41, 5.74) is 0. The van der Waals surface area contributed by atoms with Gasteiger partial charge in [0.1, 0.15) is 0 Å². The highest BCUT2D eigenvalue weighted by molar-refractivity contribution is 7.85. The summed E-state index contributed by atoms with van der Waals surface area (Å²) in [6.07, 6.45) is 4.83. The molecule has 0 saturated carbocycles. The molecule has 0 fully saturated rings. The molecule has 0 aromatic rings. The Balaban J connectivity index is 3.95. The van der Waals surface area contributed by atoms with Crippen molar-refractivity contribution >= 4 is 101 Å². The standard InChI is InChI=1S/C13H28S8/c14-6-12(20)4-10(18)2-8(16)1-9(17)3-11(19)5-13(21)7-15/h8-21H,1-7H2. The van der Waals surface area contributed by atoms with E-state index in [0.717, 1.165) is 43.6 Å². The highest BCUT2D eigenvalue weighted by Crippen LogP contribution is 2.26. The molecular weight excluding hydrogens is 413 g/mol. The van der Waals surface area contributed by atoms with Gasteiger partial charge in [-0.15, -0.1) is 0 Å². The highest BCUT2D eigenvalue weighted by Gasteiger charge is 2.19. The molecule has 0 aliphatic carbocycles. The number of rotatable bonds is 12. The van der Waals surface area contributed by atoms with E-state index in [1.165, 1.54) is 0 Å². The third kappa shape index (κ3) is 13.7. The van der Waals surface area contributed by atoms with Crippen molar-refractivity contribution in [3.05, 3.63) is 0 Å². The molecular formula is C13H28S8. The maximum absolute atomic E-state index is 4.68. The Labute approximate surface area is 174 Å². The largest absolute Gasteiger partial charge is 0.178 e. The molecule has 8 heteroatoms. The summed E-state index contributed by atoms with van der Waals surface area (Å²) in [4.78, 5) is 0. The molecule has 0 aliphatic rings. The van der Waals surface area contributed by atoms with E-state index in [1.807, 2.05) is 0 Å². The van der Waals surface area contributed by atoms with E-state index in [0.29, 0.717) is 31.5 Å². The molecule has 0 N–H and O–H groups in total. The summed E-state index contributed by atoms with van der Waals surface area (Å²) in [5.74, 6) is 1.56. The normalized spacial score (nSPS) is 20.6. The fourth-order valence-corrected chi connectivity index (χ4v) is 5.78. The van der Waals surface area contributed by atoms with Crippen molar-refractivity contribution in [2.24, 2.45) is 0 Å². The van der Waals surface area contributed by atoms with Crippen molar-refractivity contribution in [3.8, 4) is 0 Å². The minimum Gasteiger partial charge on any atom is -0.178 e. The summed E-state index contributed by atoms with van der Waals surface area (Å²) in [6.45, 7) is 0. The van der Waals surface area contributed by atoms with E-state index in [1.54, 1.807) is 0 Å². The lowest BCUT2D eigenvalue weighted by atomic mass is 10.0. The maximum atomic E-state index is 4.68. The van der Waals surface area contributed by atoms with E-state index in [9.17, 15) is 0 Å². The molecule has 0 spiro atoms. The molecule has 0 aromatic carbocycles. The molecule has 0 bridgehead atoms. The van der Waals surface area contributed by atoms with Crippen LogP contribution in [0.5, 0.6) is 0 Å². The SMILES string of the molecule is SCC(S)CC(S)CC(S)CC(S)CC(S)CC(S)CS. The Hall–Kier alpha value is 2.80. The molecule has 6 unspecified atom stereocenters. The average molecular weight is 441 g/mol. The van der Waals surface area contributed by atoms with Crippen LogP contribution in [0.15, 0.2) is 0 Å². The summed E-state index contributed by atoms with van der Waals surface area (Å²) >= 11 is 36.0. The van der Waals surface area contributed by atoms with Gasteiger partial charge in [-0.05, 0) is 32.1 Å². The van der Waals surface area contributed by atoms with Crippen LogP contribution in [0.2, 0.25) is 0 Å². The first-order valence-corrected chi connectivity index (χ1v) is 11.4. The molecule has 0 radical (unpaired) electrons. The Morgan fingerprint density at radius 2 is 0.571 bits per heavy atom.